The van der Waals surface area contributed by atoms with Gasteiger partial charge in [0.1, 0.15) is 0 Å². The van der Waals surface area contributed by atoms with Crippen molar-refractivity contribution < 1.29 is 14.3 Å². The molecule has 0 amide bonds. The number of fused-ring (bicyclic) bond motifs is 2. The fraction of sp³-hybridized carbons (Fsp3) is 0.933. The molecule has 0 radical (unpaired) electrons. The number of hydrogen-bond donors (Lipinski definition) is 0. The van der Waals surface area contributed by atoms with Crippen LogP contribution in [0.4, 0.5) is 0 Å². The summed E-state index contributed by atoms with van der Waals surface area (Å²) in [4.78, 5) is 12.2. The molecule has 0 saturated heterocycles. The van der Waals surface area contributed by atoms with Crippen LogP contribution in [0, 0.1) is 16.7 Å². The number of rotatable bonds is 5. The van der Waals surface area contributed by atoms with Gasteiger partial charge in [-0.1, -0.05) is 6.92 Å². The monoisotopic (exact) mass is 254 g/mol. The molecule has 18 heavy (non-hydrogen) atoms. The molecular formula is C15H26O3. The summed E-state index contributed by atoms with van der Waals surface area (Å²) in [5, 5.41) is 0. The summed E-state index contributed by atoms with van der Waals surface area (Å²) in [7, 11) is 1.66. The Kier molecular flexibility index (Phi) is 3.72. The Morgan fingerprint density at radius 1 is 1.39 bits per heavy atom. The van der Waals surface area contributed by atoms with E-state index >= 15 is 0 Å². The third-order valence-electron chi connectivity index (χ3n) is 5.16. The van der Waals surface area contributed by atoms with E-state index in [1.807, 2.05) is 20.8 Å². The number of hydrogen-bond acceptors (Lipinski definition) is 3. The van der Waals surface area contributed by atoms with Crippen LogP contribution >= 0.6 is 0 Å². The Labute approximate surface area is 110 Å². The number of carbonyl (C=O) groups excluding carboxylic acids is 1. The summed E-state index contributed by atoms with van der Waals surface area (Å²) in [6.07, 6.45) is 6.46. The normalized spacial score (nSPS) is 32.6. The van der Waals surface area contributed by atoms with Crippen LogP contribution in [0.25, 0.3) is 0 Å². The highest BCUT2D eigenvalue weighted by atomic mass is 16.7. The summed E-state index contributed by atoms with van der Waals surface area (Å²) < 4.78 is 11.2. The van der Waals surface area contributed by atoms with Crippen LogP contribution < -0.4 is 0 Å². The molecule has 104 valence electrons. The van der Waals surface area contributed by atoms with E-state index in [9.17, 15) is 4.79 Å². The van der Waals surface area contributed by atoms with Crippen molar-refractivity contribution in [1.29, 1.82) is 0 Å². The van der Waals surface area contributed by atoms with Crippen molar-refractivity contribution in [3.63, 3.8) is 0 Å². The first-order valence-corrected chi connectivity index (χ1v) is 7.17. The largest absolute Gasteiger partial charge is 0.435 e. The molecule has 2 bridgehead atoms. The topological polar surface area (TPSA) is 35.5 Å². The van der Waals surface area contributed by atoms with Gasteiger partial charge in [0.05, 0.1) is 5.41 Å². The van der Waals surface area contributed by atoms with E-state index in [-0.39, 0.29) is 17.7 Å². The maximum atomic E-state index is 12.2. The molecule has 0 heterocycles. The molecule has 2 rings (SSSR count). The van der Waals surface area contributed by atoms with Gasteiger partial charge in [0.15, 0.2) is 0 Å². The minimum absolute atomic E-state index is 0.110. The Hall–Kier alpha value is -0.570. The smallest absolute Gasteiger partial charge is 0.313 e. The van der Waals surface area contributed by atoms with Crippen LogP contribution in [0.3, 0.4) is 0 Å². The first kappa shape index (κ1) is 13.9. The van der Waals surface area contributed by atoms with Gasteiger partial charge in [0, 0.05) is 12.5 Å². The average molecular weight is 254 g/mol. The molecule has 2 aliphatic carbocycles. The predicted octanol–water partition coefficient (Wildman–Crippen LogP) is 3.52. The molecule has 2 fully saturated rings. The van der Waals surface area contributed by atoms with Gasteiger partial charge in [-0.25, -0.2) is 0 Å². The second-order valence-corrected chi connectivity index (χ2v) is 6.72. The van der Waals surface area contributed by atoms with Crippen molar-refractivity contribution in [3.05, 3.63) is 0 Å². The lowest BCUT2D eigenvalue weighted by Crippen LogP contribution is -2.40. The van der Waals surface area contributed by atoms with Crippen LogP contribution in [-0.4, -0.2) is 19.4 Å². The van der Waals surface area contributed by atoms with E-state index < -0.39 is 5.41 Å². The Balaban J connectivity index is 2.04. The summed E-state index contributed by atoms with van der Waals surface area (Å²) in [5.74, 6) is 0.710. The molecule has 0 spiro atoms. The maximum absolute atomic E-state index is 12.2. The molecule has 3 heteroatoms. The van der Waals surface area contributed by atoms with Gasteiger partial charge in [-0.2, -0.15) is 0 Å². The lowest BCUT2D eigenvalue weighted by atomic mass is 9.83. The third kappa shape index (κ3) is 2.29. The van der Waals surface area contributed by atoms with Crippen LogP contribution in [0.2, 0.25) is 0 Å². The molecule has 2 aliphatic rings. The minimum atomic E-state index is -0.413. The molecule has 0 N–H and O–H groups in total. The molecule has 0 aliphatic heterocycles. The van der Waals surface area contributed by atoms with Gasteiger partial charge in [-0.3, -0.25) is 4.79 Å². The van der Waals surface area contributed by atoms with Gasteiger partial charge in [0.2, 0.25) is 6.29 Å². The maximum Gasteiger partial charge on any atom is 0.313 e. The lowest BCUT2D eigenvalue weighted by molar-refractivity contribution is -0.210. The van der Waals surface area contributed by atoms with Crippen LogP contribution in [0.5, 0.6) is 0 Å². The zero-order chi connectivity index (χ0) is 13.4. The second-order valence-electron chi connectivity index (χ2n) is 6.72. The Bertz CT molecular complexity index is 314. The summed E-state index contributed by atoms with van der Waals surface area (Å²) >= 11 is 0. The average Bonchev–Trinajstić information content (AvgIpc) is 2.96. The summed E-state index contributed by atoms with van der Waals surface area (Å²) in [6, 6.07) is 0. The van der Waals surface area contributed by atoms with Gasteiger partial charge in [-0.15, -0.1) is 0 Å². The predicted molar refractivity (Wildman–Crippen MR) is 70.0 cm³/mol. The number of methoxy groups -OCH3 is 1. The fourth-order valence-electron chi connectivity index (χ4n) is 3.39. The highest BCUT2D eigenvalue weighted by Gasteiger charge is 2.52. The van der Waals surface area contributed by atoms with Crippen molar-refractivity contribution in [1.82, 2.24) is 0 Å². The van der Waals surface area contributed by atoms with Crippen molar-refractivity contribution in [2.24, 2.45) is 16.7 Å². The van der Waals surface area contributed by atoms with Gasteiger partial charge in [-0.05, 0) is 58.3 Å². The molecule has 1 unspecified atom stereocenters. The number of ether oxygens (including phenoxy) is 2. The highest BCUT2D eigenvalue weighted by Crippen LogP contribution is 2.57. The Morgan fingerprint density at radius 2 is 2.00 bits per heavy atom. The van der Waals surface area contributed by atoms with Crippen molar-refractivity contribution in [2.75, 3.05) is 7.11 Å². The van der Waals surface area contributed by atoms with E-state index in [0.717, 1.165) is 25.2 Å². The zero-order valence-electron chi connectivity index (χ0n) is 12.1. The first-order valence-electron chi connectivity index (χ1n) is 7.17. The molecule has 1 atom stereocenters. The first-order chi connectivity index (χ1) is 8.43. The second kappa shape index (κ2) is 4.84. The van der Waals surface area contributed by atoms with E-state index in [2.05, 4.69) is 0 Å². The van der Waals surface area contributed by atoms with Crippen LogP contribution in [-0.2, 0) is 14.3 Å². The summed E-state index contributed by atoms with van der Waals surface area (Å²) in [6.45, 7) is 5.89. The van der Waals surface area contributed by atoms with Gasteiger partial charge in [0.25, 0.3) is 0 Å². The zero-order valence-corrected chi connectivity index (χ0v) is 12.1. The van der Waals surface area contributed by atoms with E-state index in [4.69, 9.17) is 9.47 Å². The SMILES string of the molecule is CCC(C)(C)C(=O)OC(OC)C12CCC(CC1)C2. The molecule has 0 aromatic rings. The summed E-state index contributed by atoms with van der Waals surface area (Å²) in [5.41, 5.74) is -0.303. The minimum Gasteiger partial charge on any atom is -0.435 e. The van der Waals surface area contributed by atoms with Crippen molar-refractivity contribution >= 4 is 5.97 Å². The van der Waals surface area contributed by atoms with Crippen LogP contribution in [0.15, 0.2) is 0 Å². The van der Waals surface area contributed by atoms with Crippen LogP contribution in [0.1, 0.15) is 59.3 Å². The third-order valence-corrected chi connectivity index (χ3v) is 5.16. The standard InChI is InChI=1S/C15H26O3/c1-5-14(2,3)12(16)18-13(17-4)15-8-6-11(10-15)7-9-15/h11,13H,5-10H2,1-4H3. The molecule has 2 saturated carbocycles. The number of esters is 1. The lowest BCUT2D eigenvalue weighted by Gasteiger charge is -2.35. The van der Waals surface area contributed by atoms with E-state index in [0.29, 0.717) is 0 Å². The molecule has 3 nitrogen and oxygen atoms in total. The highest BCUT2D eigenvalue weighted by molar-refractivity contribution is 5.75. The van der Waals surface area contributed by atoms with Crippen molar-refractivity contribution in [3.8, 4) is 0 Å². The Morgan fingerprint density at radius 3 is 2.39 bits per heavy atom. The van der Waals surface area contributed by atoms with Crippen molar-refractivity contribution in [2.45, 2.75) is 65.6 Å². The van der Waals surface area contributed by atoms with E-state index in [1.165, 1.54) is 19.3 Å². The quantitative estimate of drug-likeness (QED) is 0.556. The van der Waals surface area contributed by atoms with Gasteiger partial charge >= 0.3 is 5.97 Å². The molecule has 0 aromatic carbocycles. The van der Waals surface area contributed by atoms with E-state index in [1.54, 1.807) is 7.11 Å². The molecular weight excluding hydrogens is 228 g/mol. The van der Waals surface area contributed by atoms with Gasteiger partial charge < -0.3 is 9.47 Å². The fourth-order valence-corrected chi connectivity index (χ4v) is 3.39. The molecule has 0 aromatic heterocycles. The number of carbonyl (C=O) groups is 1.